The van der Waals surface area contributed by atoms with Crippen LogP contribution in [0.25, 0.3) is 0 Å². The van der Waals surface area contributed by atoms with Crippen LogP contribution in [0, 0.1) is 11.7 Å². The van der Waals surface area contributed by atoms with Crippen LogP contribution >= 0.6 is 12.2 Å². The third-order valence-corrected chi connectivity index (χ3v) is 5.17. The van der Waals surface area contributed by atoms with Gasteiger partial charge >= 0.3 is 6.18 Å². The highest BCUT2D eigenvalue weighted by atomic mass is 32.1. The molecule has 1 fully saturated rings. The van der Waals surface area contributed by atoms with Crippen molar-refractivity contribution in [2.24, 2.45) is 5.92 Å². The molecule has 160 valence electrons. The van der Waals surface area contributed by atoms with Crippen molar-refractivity contribution in [2.75, 3.05) is 13.2 Å². The van der Waals surface area contributed by atoms with Gasteiger partial charge in [0.1, 0.15) is 5.82 Å². The average molecular weight is 442 g/mol. The number of benzene rings is 2. The number of halogens is 4. The summed E-state index contributed by atoms with van der Waals surface area (Å²) < 4.78 is 60.0. The zero-order valence-electron chi connectivity index (χ0n) is 15.4. The molecule has 3 atom stereocenters. The van der Waals surface area contributed by atoms with Crippen LogP contribution in [-0.2, 0) is 10.3 Å². The topological polar surface area (TPSA) is 70.6 Å². The number of aliphatic hydroxyl groups excluding tert-OH is 1. The molecule has 1 heterocycles. The zero-order valence-corrected chi connectivity index (χ0v) is 16.3. The van der Waals surface area contributed by atoms with Gasteiger partial charge in [0.15, 0.2) is 11.2 Å². The van der Waals surface area contributed by atoms with Crippen LogP contribution < -0.4 is 10.6 Å². The second kappa shape index (κ2) is 8.66. The van der Waals surface area contributed by atoms with Crippen LogP contribution in [0.15, 0.2) is 54.6 Å². The molecule has 3 N–H and O–H groups in total. The van der Waals surface area contributed by atoms with Gasteiger partial charge in [-0.2, -0.15) is 13.2 Å². The first-order chi connectivity index (χ1) is 14.2. The van der Waals surface area contributed by atoms with Gasteiger partial charge in [-0.15, -0.1) is 0 Å². The van der Waals surface area contributed by atoms with Gasteiger partial charge in [0, 0.05) is 17.0 Å². The summed E-state index contributed by atoms with van der Waals surface area (Å²) in [7, 11) is 0. The van der Waals surface area contributed by atoms with E-state index in [4.69, 9.17) is 17.0 Å². The van der Waals surface area contributed by atoms with E-state index >= 15 is 0 Å². The fourth-order valence-electron chi connectivity index (χ4n) is 3.57. The van der Waals surface area contributed by atoms with Gasteiger partial charge in [-0.3, -0.25) is 10.1 Å². The average Bonchev–Trinajstić information content (AvgIpc) is 3.08. The van der Waals surface area contributed by atoms with Crippen molar-refractivity contribution in [3.63, 3.8) is 0 Å². The summed E-state index contributed by atoms with van der Waals surface area (Å²) in [6.07, 6.45) is -7.14. The lowest BCUT2D eigenvalue weighted by molar-refractivity contribution is -0.219. The van der Waals surface area contributed by atoms with Gasteiger partial charge in [-0.25, -0.2) is 4.39 Å². The number of amides is 1. The third kappa shape index (κ3) is 4.30. The SMILES string of the molecule is O=C(NC(=S)N[C@@]1(c2ccccc2F)CO[C@H](C(F)(F)F)C1CO)c1ccccc1. The lowest BCUT2D eigenvalue weighted by Crippen LogP contribution is -2.57. The van der Waals surface area contributed by atoms with Gasteiger partial charge in [-0.05, 0) is 30.4 Å². The molecule has 2 aromatic rings. The zero-order chi connectivity index (χ0) is 21.9. The molecule has 0 spiro atoms. The van der Waals surface area contributed by atoms with Gasteiger partial charge in [0.05, 0.1) is 18.8 Å². The fourth-order valence-corrected chi connectivity index (χ4v) is 3.85. The van der Waals surface area contributed by atoms with E-state index in [1.54, 1.807) is 18.2 Å². The summed E-state index contributed by atoms with van der Waals surface area (Å²) in [6, 6.07) is 13.2. The number of rotatable bonds is 4. The highest BCUT2D eigenvalue weighted by molar-refractivity contribution is 7.80. The maximum absolute atomic E-state index is 14.6. The standard InChI is InChI=1S/C20H18F4N2O3S/c21-15-9-5-4-8-13(15)19(11-29-16(14(19)10-27)20(22,23)24)26-18(30)25-17(28)12-6-2-1-3-7-12/h1-9,14,16,27H,10-11H2,(H2,25,26,28,30)/t14?,16-,19+/m0/s1. The first-order valence-corrected chi connectivity index (χ1v) is 9.32. The Morgan fingerprint density at radius 3 is 2.40 bits per heavy atom. The lowest BCUT2D eigenvalue weighted by atomic mass is 9.77. The van der Waals surface area contributed by atoms with Crippen molar-refractivity contribution in [3.05, 3.63) is 71.5 Å². The van der Waals surface area contributed by atoms with Crippen molar-refractivity contribution in [2.45, 2.75) is 17.8 Å². The second-order valence-corrected chi connectivity index (χ2v) is 7.20. The van der Waals surface area contributed by atoms with E-state index in [0.717, 1.165) is 6.07 Å². The van der Waals surface area contributed by atoms with Crippen LogP contribution in [0.3, 0.4) is 0 Å². The van der Waals surface area contributed by atoms with Crippen LogP contribution in [-0.4, -0.2) is 41.6 Å². The number of hydrogen-bond donors (Lipinski definition) is 3. The minimum atomic E-state index is -4.79. The quantitative estimate of drug-likeness (QED) is 0.502. The molecule has 0 bridgehead atoms. The van der Waals surface area contributed by atoms with E-state index < -0.39 is 48.7 Å². The minimum Gasteiger partial charge on any atom is -0.396 e. The number of ether oxygens (including phenoxy) is 1. The minimum absolute atomic E-state index is 0.160. The number of alkyl halides is 3. The molecule has 1 amide bonds. The Labute approximate surface area is 175 Å². The summed E-state index contributed by atoms with van der Waals surface area (Å²) in [5, 5.41) is 14.5. The molecule has 1 aliphatic heterocycles. The van der Waals surface area contributed by atoms with E-state index in [-0.39, 0.29) is 16.2 Å². The van der Waals surface area contributed by atoms with Crippen LogP contribution in [0.5, 0.6) is 0 Å². The van der Waals surface area contributed by atoms with Crippen molar-refractivity contribution >= 4 is 23.2 Å². The molecule has 3 rings (SSSR count). The maximum Gasteiger partial charge on any atom is 0.415 e. The Morgan fingerprint density at radius 1 is 1.17 bits per heavy atom. The highest BCUT2D eigenvalue weighted by Gasteiger charge is 2.60. The van der Waals surface area contributed by atoms with Crippen LogP contribution in [0.4, 0.5) is 17.6 Å². The molecule has 1 saturated heterocycles. The van der Waals surface area contributed by atoms with Crippen LogP contribution in [0.2, 0.25) is 0 Å². The molecule has 0 radical (unpaired) electrons. The van der Waals surface area contributed by atoms with Crippen molar-refractivity contribution < 1.29 is 32.2 Å². The predicted molar refractivity (Wildman–Crippen MR) is 104 cm³/mol. The lowest BCUT2D eigenvalue weighted by Gasteiger charge is -2.37. The Morgan fingerprint density at radius 2 is 1.80 bits per heavy atom. The molecule has 2 aromatic carbocycles. The smallest absolute Gasteiger partial charge is 0.396 e. The normalized spacial score (nSPS) is 23.8. The summed E-state index contributed by atoms with van der Waals surface area (Å²) in [5.41, 5.74) is -1.73. The Bertz CT molecular complexity index is 926. The molecule has 0 aromatic heterocycles. The number of carbonyl (C=O) groups excluding carboxylic acids is 1. The molecule has 10 heteroatoms. The van der Waals surface area contributed by atoms with Crippen molar-refractivity contribution in [1.29, 1.82) is 0 Å². The summed E-state index contributed by atoms with van der Waals surface area (Å²) >= 11 is 5.13. The Balaban J connectivity index is 1.94. The molecule has 1 aliphatic rings. The molecule has 0 saturated carbocycles. The number of aliphatic hydroxyl groups is 1. The molecule has 5 nitrogen and oxygen atoms in total. The van der Waals surface area contributed by atoms with Crippen LogP contribution in [0.1, 0.15) is 15.9 Å². The van der Waals surface area contributed by atoms with Gasteiger partial charge in [0.25, 0.3) is 5.91 Å². The molecule has 30 heavy (non-hydrogen) atoms. The van der Waals surface area contributed by atoms with E-state index in [9.17, 15) is 27.5 Å². The van der Waals surface area contributed by atoms with Crippen molar-refractivity contribution in [1.82, 2.24) is 10.6 Å². The second-order valence-electron chi connectivity index (χ2n) is 6.79. The van der Waals surface area contributed by atoms with Gasteiger partial charge in [-0.1, -0.05) is 36.4 Å². The summed E-state index contributed by atoms with van der Waals surface area (Å²) in [4.78, 5) is 12.3. The maximum atomic E-state index is 14.6. The van der Waals surface area contributed by atoms with E-state index in [0.29, 0.717) is 0 Å². The van der Waals surface area contributed by atoms with E-state index in [2.05, 4.69) is 10.6 Å². The first kappa shape index (κ1) is 22.1. The third-order valence-electron chi connectivity index (χ3n) is 4.96. The number of nitrogens with one attached hydrogen (secondary N) is 2. The Hall–Kier alpha value is -2.56. The van der Waals surface area contributed by atoms with E-state index in [1.807, 2.05) is 0 Å². The highest BCUT2D eigenvalue weighted by Crippen LogP contribution is 2.45. The fraction of sp³-hybridized carbons (Fsp3) is 0.300. The Kier molecular flexibility index (Phi) is 6.39. The molecule has 1 unspecified atom stereocenters. The first-order valence-electron chi connectivity index (χ1n) is 8.92. The number of carbonyl (C=O) groups is 1. The van der Waals surface area contributed by atoms with Crippen molar-refractivity contribution in [3.8, 4) is 0 Å². The summed E-state index contributed by atoms with van der Waals surface area (Å²) in [5.74, 6) is -3.00. The van der Waals surface area contributed by atoms with Gasteiger partial charge < -0.3 is 15.2 Å². The monoisotopic (exact) mass is 442 g/mol. The number of thiocarbonyl (C=S) groups is 1. The molecular formula is C20H18F4N2O3S. The summed E-state index contributed by atoms with van der Waals surface area (Å²) in [6.45, 7) is -1.58. The van der Waals surface area contributed by atoms with Gasteiger partial charge in [0.2, 0.25) is 0 Å². The number of hydrogen-bond acceptors (Lipinski definition) is 4. The largest absolute Gasteiger partial charge is 0.415 e. The predicted octanol–water partition coefficient (Wildman–Crippen LogP) is 2.90. The molecule has 0 aliphatic carbocycles. The molecular weight excluding hydrogens is 424 g/mol. The van der Waals surface area contributed by atoms with E-state index in [1.165, 1.54) is 30.3 Å².